The molecule has 0 heterocycles. The Morgan fingerprint density at radius 1 is 1.50 bits per heavy atom. The van der Waals surface area contributed by atoms with Crippen LogP contribution in [0.4, 0.5) is 0 Å². The van der Waals surface area contributed by atoms with Crippen LogP contribution in [0.25, 0.3) is 0 Å². The minimum atomic E-state index is -2.19. The Morgan fingerprint density at radius 2 is 1.67 bits per heavy atom. The molecule has 0 bridgehead atoms. The molecule has 38 valence electrons. The lowest BCUT2D eigenvalue weighted by molar-refractivity contribution is 0.433. The fourth-order valence-electron chi connectivity index (χ4n) is 0. The SMILES string of the molecule is CO[Si](C)(Cl)Cl. The second-order valence-corrected chi connectivity index (χ2v) is 7.94. The molecule has 0 aliphatic heterocycles. The lowest BCUT2D eigenvalue weighted by Crippen LogP contribution is -2.15. The maximum atomic E-state index is 5.40. The summed E-state index contributed by atoms with van der Waals surface area (Å²) in [5.41, 5.74) is 0. The summed E-state index contributed by atoms with van der Waals surface area (Å²) in [5, 5.41) is 0. The van der Waals surface area contributed by atoms with Crippen LogP contribution in [0.5, 0.6) is 0 Å². The van der Waals surface area contributed by atoms with Crippen LogP contribution in [0.3, 0.4) is 0 Å². The molecule has 0 N–H and O–H groups in total. The van der Waals surface area contributed by atoms with Gasteiger partial charge in [-0.15, -0.1) is 22.2 Å². The zero-order chi connectivity index (χ0) is 5.21. The van der Waals surface area contributed by atoms with Gasteiger partial charge in [0.05, 0.1) is 0 Å². The maximum absolute atomic E-state index is 5.40. The first kappa shape index (κ1) is 6.76. The van der Waals surface area contributed by atoms with Crippen molar-refractivity contribution in [3.63, 3.8) is 0 Å². The fraction of sp³-hybridized carbons (Fsp3) is 1.00. The first-order chi connectivity index (χ1) is 2.56. The molecular formula is C2H6Cl2OSi. The van der Waals surface area contributed by atoms with Crippen molar-refractivity contribution in [2.45, 2.75) is 6.55 Å². The van der Waals surface area contributed by atoms with Gasteiger partial charge in [-0.25, -0.2) is 0 Å². The largest absolute Gasteiger partial charge is 0.396 e. The Hall–Kier alpha value is 0.757. The van der Waals surface area contributed by atoms with Gasteiger partial charge in [-0.05, 0) is 6.55 Å². The van der Waals surface area contributed by atoms with Crippen LogP contribution in [-0.4, -0.2) is 14.0 Å². The van der Waals surface area contributed by atoms with E-state index in [2.05, 4.69) is 4.43 Å². The average molecular weight is 145 g/mol. The van der Waals surface area contributed by atoms with Gasteiger partial charge in [0.25, 0.3) is 0 Å². The maximum Gasteiger partial charge on any atom is 0.386 e. The van der Waals surface area contributed by atoms with E-state index in [0.29, 0.717) is 0 Å². The first-order valence-corrected chi connectivity index (χ1v) is 5.92. The van der Waals surface area contributed by atoms with E-state index in [1.807, 2.05) is 0 Å². The number of hydrogen-bond acceptors (Lipinski definition) is 1. The van der Waals surface area contributed by atoms with Gasteiger partial charge < -0.3 is 4.43 Å². The van der Waals surface area contributed by atoms with Crippen molar-refractivity contribution >= 4 is 29.1 Å². The van der Waals surface area contributed by atoms with Crippen LogP contribution in [0, 0.1) is 0 Å². The molecule has 0 aliphatic carbocycles. The predicted octanol–water partition coefficient (Wildman–Crippen LogP) is 1.68. The minimum Gasteiger partial charge on any atom is -0.396 e. The zero-order valence-corrected chi connectivity index (χ0v) is 6.18. The lowest BCUT2D eigenvalue weighted by atomic mass is 11.8. The van der Waals surface area contributed by atoms with E-state index in [1.165, 1.54) is 7.11 Å². The highest BCUT2D eigenvalue weighted by Gasteiger charge is 2.19. The molecule has 0 aromatic heterocycles. The van der Waals surface area contributed by atoms with E-state index in [1.54, 1.807) is 6.55 Å². The summed E-state index contributed by atoms with van der Waals surface area (Å²) in [6, 6.07) is 0. The van der Waals surface area contributed by atoms with Crippen molar-refractivity contribution in [1.29, 1.82) is 0 Å². The van der Waals surface area contributed by atoms with Gasteiger partial charge >= 0.3 is 6.94 Å². The summed E-state index contributed by atoms with van der Waals surface area (Å²) in [6.45, 7) is -0.496. The smallest absolute Gasteiger partial charge is 0.386 e. The van der Waals surface area contributed by atoms with Crippen molar-refractivity contribution < 1.29 is 4.43 Å². The predicted molar refractivity (Wildman–Crippen MR) is 30.3 cm³/mol. The van der Waals surface area contributed by atoms with Gasteiger partial charge in [0.2, 0.25) is 0 Å². The molecule has 0 amide bonds. The molecule has 0 aromatic carbocycles. The summed E-state index contributed by atoms with van der Waals surface area (Å²) in [7, 11) is 1.51. The molecule has 0 unspecified atom stereocenters. The van der Waals surface area contributed by atoms with Crippen molar-refractivity contribution in [3.8, 4) is 0 Å². The summed E-state index contributed by atoms with van der Waals surface area (Å²) in [6.07, 6.45) is 0. The highest BCUT2D eigenvalue weighted by Crippen LogP contribution is 2.12. The fourth-order valence-corrected chi connectivity index (χ4v) is 0. The Kier molecular flexibility index (Phi) is 2.44. The minimum absolute atomic E-state index is 1.51. The van der Waals surface area contributed by atoms with Gasteiger partial charge in [0.15, 0.2) is 0 Å². The molecule has 0 aliphatic rings. The van der Waals surface area contributed by atoms with Crippen LogP contribution in [0.2, 0.25) is 6.55 Å². The van der Waals surface area contributed by atoms with E-state index in [-0.39, 0.29) is 0 Å². The van der Waals surface area contributed by atoms with Gasteiger partial charge in [-0.3, -0.25) is 0 Å². The van der Waals surface area contributed by atoms with E-state index in [0.717, 1.165) is 0 Å². The highest BCUT2D eigenvalue weighted by molar-refractivity contribution is 7.41. The monoisotopic (exact) mass is 144 g/mol. The molecule has 4 heteroatoms. The van der Waals surface area contributed by atoms with Crippen molar-refractivity contribution in [3.05, 3.63) is 0 Å². The van der Waals surface area contributed by atoms with E-state index >= 15 is 0 Å². The molecule has 6 heavy (non-hydrogen) atoms. The van der Waals surface area contributed by atoms with Gasteiger partial charge in [0.1, 0.15) is 0 Å². The Bertz CT molecular complexity index is 41.3. The van der Waals surface area contributed by atoms with Crippen molar-refractivity contribution in [2.75, 3.05) is 7.11 Å². The summed E-state index contributed by atoms with van der Waals surface area (Å²) >= 11 is 10.8. The average Bonchev–Trinajstić information content (AvgIpc) is 1.35. The van der Waals surface area contributed by atoms with E-state index in [4.69, 9.17) is 22.2 Å². The van der Waals surface area contributed by atoms with Crippen LogP contribution in [-0.2, 0) is 4.43 Å². The highest BCUT2D eigenvalue weighted by atomic mass is 35.7. The molecule has 0 radical (unpaired) electrons. The summed E-state index contributed by atoms with van der Waals surface area (Å²) < 4.78 is 4.61. The molecule has 0 fully saturated rings. The molecule has 0 aromatic rings. The van der Waals surface area contributed by atoms with Crippen molar-refractivity contribution in [2.24, 2.45) is 0 Å². The summed E-state index contributed by atoms with van der Waals surface area (Å²) in [4.78, 5) is 0. The summed E-state index contributed by atoms with van der Waals surface area (Å²) in [5.74, 6) is 0. The quantitative estimate of drug-likeness (QED) is 0.403. The second kappa shape index (κ2) is 2.16. The number of halogens is 2. The lowest BCUT2D eigenvalue weighted by Gasteiger charge is -2.03. The molecule has 0 atom stereocenters. The Labute approximate surface area is 47.7 Å². The van der Waals surface area contributed by atoms with Gasteiger partial charge in [-0.2, -0.15) is 0 Å². The van der Waals surface area contributed by atoms with Gasteiger partial charge in [0, 0.05) is 7.11 Å². The standard InChI is InChI=1S/C2H6Cl2OSi/c1-5-6(2,3)4/h1-2H3. The van der Waals surface area contributed by atoms with Crippen LogP contribution < -0.4 is 0 Å². The molecule has 0 saturated carbocycles. The van der Waals surface area contributed by atoms with Crippen LogP contribution in [0.1, 0.15) is 0 Å². The third-order valence-corrected chi connectivity index (χ3v) is 2.00. The number of hydrogen-bond donors (Lipinski definition) is 0. The number of rotatable bonds is 1. The molecule has 0 saturated heterocycles. The van der Waals surface area contributed by atoms with Crippen LogP contribution >= 0.6 is 22.2 Å². The van der Waals surface area contributed by atoms with E-state index < -0.39 is 6.94 Å². The Balaban J connectivity index is 3.17. The first-order valence-electron chi connectivity index (χ1n) is 1.49. The Morgan fingerprint density at radius 3 is 1.67 bits per heavy atom. The van der Waals surface area contributed by atoms with Gasteiger partial charge in [-0.1, -0.05) is 0 Å². The molecule has 0 spiro atoms. The molecule has 1 nitrogen and oxygen atoms in total. The third kappa shape index (κ3) is 4.76. The zero-order valence-electron chi connectivity index (χ0n) is 3.66. The normalized spacial score (nSPS) is 12.0. The topological polar surface area (TPSA) is 9.23 Å². The molecule has 0 rings (SSSR count). The second-order valence-electron chi connectivity index (χ2n) is 1.01. The van der Waals surface area contributed by atoms with Crippen LogP contribution in [0.15, 0.2) is 0 Å². The van der Waals surface area contributed by atoms with E-state index in [9.17, 15) is 0 Å². The molecular weight excluding hydrogens is 139 g/mol. The van der Waals surface area contributed by atoms with Crippen molar-refractivity contribution in [1.82, 2.24) is 0 Å². The third-order valence-electron chi connectivity index (χ3n) is 0.358.